The zero-order valence-electron chi connectivity index (χ0n) is 13.2. The molecule has 9 heteroatoms. The number of nitrogens with zero attached hydrogens (tertiary/aromatic N) is 4. The molecule has 0 unspecified atom stereocenters. The van der Waals surface area contributed by atoms with Crippen LogP contribution in [0.5, 0.6) is 0 Å². The molecule has 0 radical (unpaired) electrons. The number of amides is 1. The Morgan fingerprint density at radius 1 is 1.32 bits per heavy atom. The highest BCUT2D eigenvalue weighted by atomic mass is 79.9. The molecule has 0 aliphatic carbocycles. The van der Waals surface area contributed by atoms with Gasteiger partial charge in [0.1, 0.15) is 5.56 Å². The van der Waals surface area contributed by atoms with E-state index < -0.39 is 11.9 Å². The van der Waals surface area contributed by atoms with Crippen LogP contribution >= 0.6 is 15.9 Å². The van der Waals surface area contributed by atoms with Gasteiger partial charge in [0.25, 0.3) is 5.91 Å². The second-order valence-corrected chi connectivity index (χ2v) is 6.30. The van der Waals surface area contributed by atoms with Gasteiger partial charge in [-0.05, 0) is 33.6 Å². The quantitative estimate of drug-likeness (QED) is 0.680. The minimum Gasteiger partial charge on any atom is -0.478 e. The van der Waals surface area contributed by atoms with Crippen molar-refractivity contribution in [2.75, 3.05) is 5.32 Å². The minimum absolute atomic E-state index is 0.128. The molecule has 2 aromatic heterocycles. The highest BCUT2D eigenvalue weighted by Gasteiger charge is 2.21. The number of hydrogen-bond acceptors (Lipinski definition) is 4. The van der Waals surface area contributed by atoms with Gasteiger partial charge >= 0.3 is 5.97 Å². The zero-order valence-corrected chi connectivity index (χ0v) is 14.8. The zero-order chi connectivity index (χ0) is 18.0. The third-order valence-electron chi connectivity index (χ3n) is 3.41. The van der Waals surface area contributed by atoms with Crippen molar-refractivity contribution < 1.29 is 14.7 Å². The van der Waals surface area contributed by atoms with E-state index in [0.29, 0.717) is 12.2 Å². The molecule has 0 fully saturated rings. The van der Waals surface area contributed by atoms with E-state index in [0.717, 1.165) is 10.0 Å². The van der Waals surface area contributed by atoms with Gasteiger partial charge in [-0.1, -0.05) is 12.1 Å². The lowest BCUT2D eigenvalue weighted by Crippen LogP contribution is -2.16. The summed E-state index contributed by atoms with van der Waals surface area (Å²) in [6, 6.07) is 7.25. The van der Waals surface area contributed by atoms with E-state index in [-0.39, 0.29) is 11.3 Å². The highest BCUT2D eigenvalue weighted by Crippen LogP contribution is 2.15. The van der Waals surface area contributed by atoms with Crippen molar-refractivity contribution in [2.45, 2.75) is 6.54 Å². The van der Waals surface area contributed by atoms with E-state index in [4.69, 9.17) is 5.11 Å². The molecule has 1 amide bonds. The molecule has 1 aromatic carbocycles. The first-order chi connectivity index (χ1) is 11.9. The fourth-order valence-electron chi connectivity index (χ4n) is 2.36. The number of aromatic carboxylic acids is 1. The number of nitrogens with one attached hydrogen (secondary N) is 1. The minimum atomic E-state index is -1.20. The van der Waals surface area contributed by atoms with E-state index in [2.05, 4.69) is 31.4 Å². The largest absolute Gasteiger partial charge is 0.478 e. The maximum atomic E-state index is 12.4. The number of carbonyl (C=O) groups is 2. The van der Waals surface area contributed by atoms with Gasteiger partial charge in [0.05, 0.1) is 17.2 Å². The van der Waals surface area contributed by atoms with Gasteiger partial charge in [0.15, 0.2) is 5.69 Å². The standard InChI is InChI=1S/C16H14BrN5O3/c1-21-9-13(16(24)25)14(20-21)15(23)19-12-4-2-3-10(5-12)7-22-8-11(17)6-18-22/h2-6,8-9H,7H2,1H3,(H,19,23)(H,24,25). The molecule has 0 spiro atoms. The molecule has 2 heterocycles. The van der Waals surface area contributed by atoms with Crippen LogP contribution in [0, 0.1) is 0 Å². The smallest absolute Gasteiger partial charge is 0.339 e. The van der Waals surface area contributed by atoms with Crippen LogP contribution in [0.1, 0.15) is 26.4 Å². The third-order valence-corrected chi connectivity index (χ3v) is 3.81. The molecule has 0 aliphatic rings. The molecule has 2 N–H and O–H groups in total. The van der Waals surface area contributed by atoms with Crippen molar-refractivity contribution >= 4 is 33.5 Å². The normalized spacial score (nSPS) is 10.6. The number of rotatable bonds is 5. The SMILES string of the molecule is Cn1cc(C(=O)O)c(C(=O)Nc2cccc(Cn3cc(Br)cn3)c2)n1. The first-order valence-electron chi connectivity index (χ1n) is 7.27. The molecule has 0 aliphatic heterocycles. The number of aryl methyl sites for hydroxylation is 1. The molecular weight excluding hydrogens is 390 g/mol. The van der Waals surface area contributed by atoms with E-state index in [9.17, 15) is 9.59 Å². The summed E-state index contributed by atoms with van der Waals surface area (Å²) in [6.07, 6.45) is 4.83. The number of anilines is 1. The first-order valence-corrected chi connectivity index (χ1v) is 8.07. The number of carboxylic acids is 1. The molecule has 25 heavy (non-hydrogen) atoms. The van der Waals surface area contributed by atoms with Crippen molar-refractivity contribution in [3.05, 3.63) is 64.1 Å². The third kappa shape index (κ3) is 3.94. The molecule has 0 atom stereocenters. The van der Waals surface area contributed by atoms with Crippen LogP contribution in [-0.4, -0.2) is 36.5 Å². The lowest BCUT2D eigenvalue weighted by Gasteiger charge is -2.07. The van der Waals surface area contributed by atoms with Crippen molar-refractivity contribution in [1.82, 2.24) is 19.6 Å². The summed E-state index contributed by atoms with van der Waals surface area (Å²) in [7, 11) is 1.56. The van der Waals surface area contributed by atoms with Crippen molar-refractivity contribution in [3.63, 3.8) is 0 Å². The second-order valence-electron chi connectivity index (χ2n) is 5.38. The predicted octanol–water partition coefficient (Wildman–Crippen LogP) is 2.38. The summed E-state index contributed by atoms with van der Waals surface area (Å²) in [5.41, 5.74) is 1.22. The molecular formula is C16H14BrN5O3. The number of halogens is 1. The molecule has 0 saturated carbocycles. The molecule has 0 bridgehead atoms. The first kappa shape index (κ1) is 16.9. The fraction of sp³-hybridized carbons (Fsp3) is 0.125. The number of carboxylic acid groups (broad SMARTS) is 1. The number of aromatic nitrogens is 4. The van der Waals surface area contributed by atoms with Crippen LogP contribution in [0.25, 0.3) is 0 Å². The maximum absolute atomic E-state index is 12.4. The van der Waals surface area contributed by atoms with Crippen LogP contribution in [0.2, 0.25) is 0 Å². The average Bonchev–Trinajstić information content (AvgIpc) is 3.13. The number of carbonyl (C=O) groups excluding carboxylic acids is 1. The monoisotopic (exact) mass is 403 g/mol. The van der Waals surface area contributed by atoms with Gasteiger partial charge in [-0.3, -0.25) is 14.2 Å². The van der Waals surface area contributed by atoms with E-state index in [1.54, 1.807) is 36.1 Å². The Labute approximate surface area is 151 Å². The summed E-state index contributed by atoms with van der Waals surface area (Å²) in [4.78, 5) is 23.6. The summed E-state index contributed by atoms with van der Waals surface area (Å²) in [5, 5.41) is 20.0. The van der Waals surface area contributed by atoms with E-state index in [1.165, 1.54) is 10.9 Å². The number of hydrogen-bond donors (Lipinski definition) is 2. The summed E-state index contributed by atoms with van der Waals surface area (Å²) in [6.45, 7) is 0.541. The van der Waals surface area contributed by atoms with Gasteiger partial charge in [0, 0.05) is 25.1 Å². The second kappa shape index (κ2) is 6.89. The van der Waals surface area contributed by atoms with Crippen molar-refractivity contribution in [3.8, 4) is 0 Å². The highest BCUT2D eigenvalue weighted by molar-refractivity contribution is 9.10. The molecule has 128 valence electrons. The van der Waals surface area contributed by atoms with Gasteiger partial charge < -0.3 is 10.4 Å². The lowest BCUT2D eigenvalue weighted by molar-refractivity contribution is 0.0692. The lowest BCUT2D eigenvalue weighted by atomic mass is 10.2. The molecule has 3 aromatic rings. The topological polar surface area (TPSA) is 102 Å². The van der Waals surface area contributed by atoms with Crippen molar-refractivity contribution in [2.24, 2.45) is 7.05 Å². The van der Waals surface area contributed by atoms with Gasteiger partial charge in [-0.2, -0.15) is 10.2 Å². The van der Waals surface area contributed by atoms with Crippen molar-refractivity contribution in [1.29, 1.82) is 0 Å². The Morgan fingerprint density at radius 2 is 2.12 bits per heavy atom. The summed E-state index contributed by atoms with van der Waals surface area (Å²) < 4.78 is 3.93. The molecule has 3 rings (SSSR count). The van der Waals surface area contributed by atoms with Crippen LogP contribution < -0.4 is 5.32 Å². The Balaban J connectivity index is 1.78. The van der Waals surface area contributed by atoms with Crippen LogP contribution in [0.4, 0.5) is 5.69 Å². The molecule has 8 nitrogen and oxygen atoms in total. The predicted molar refractivity (Wildman–Crippen MR) is 93.6 cm³/mol. The Bertz CT molecular complexity index is 947. The van der Waals surface area contributed by atoms with E-state index >= 15 is 0 Å². The van der Waals surface area contributed by atoms with Crippen LogP contribution in [0.3, 0.4) is 0 Å². The summed E-state index contributed by atoms with van der Waals surface area (Å²) >= 11 is 3.34. The van der Waals surface area contributed by atoms with Gasteiger partial charge in [0.2, 0.25) is 0 Å². The molecule has 0 saturated heterocycles. The Hall–Kier alpha value is -2.94. The van der Waals surface area contributed by atoms with E-state index in [1.807, 2.05) is 12.3 Å². The Kier molecular flexibility index (Phi) is 4.66. The maximum Gasteiger partial charge on any atom is 0.339 e. The summed E-state index contributed by atoms with van der Waals surface area (Å²) in [5.74, 6) is -1.77. The van der Waals surface area contributed by atoms with Gasteiger partial charge in [-0.15, -0.1) is 0 Å². The fourth-order valence-corrected chi connectivity index (χ4v) is 2.69. The van der Waals surface area contributed by atoms with Crippen LogP contribution in [0.15, 0.2) is 47.3 Å². The van der Waals surface area contributed by atoms with Gasteiger partial charge in [-0.25, -0.2) is 4.79 Å². The van der Waals surface area contributed by atoms with Crippen LogP contribution in [-0.2, 0) is 13.6 Å². The number of benzene rings is 1. The Morgan fingerprint density at radius 3 is 2.80 bits per heavy atom. The average molecular weight is 404 g/mol.